The van der Waals surface area contributed by atoms with Crippen LogP contribution in [-0.2, 0) is 10.0 Å². The molecule has 7 heteroatoms. The lowest BCUT2D eigenvalue weighted by Crippen LogP contribution is -2.30. The number of rotatable bonds is 7. The maximum atomic E-state index is 12.3. The molecule has 0 amide bonds. The SMILES string of the molecule is CCCC1(CNS(=O)(=O)c2cc(C(=O)O)ccc2Cl)CC1. The number of aromatic carboxylic acids is 1. The number of hydrogen-bond acceptors (Lipinski definition) is 3. The van der Waals surface area contributed by atoms with Crippen LogP contribution in [0.1, 0.15) is 43.0 Å². The lowest BCUT2D eigenvalue weighted by molar-refractivity contribution is 0.0696. The third-order valence-electron chi connectivity index (χ3n) is 3.84. The van der Waals surface area contributed by atoms with Gasteiger partial charge in [0.15, 0.2) is 0 Å². The van der Waals surface area contributed by atoms with E-state index in [4.69, 9.17) is 16.7 Å². The van der Waals surface area contributed by atoms with E-state index in [1.54, 1.807) is 0 Å². The van der Waals surface area contributed by atoms with E-state index in [-0.39, 0.29) is 20.9 Å². The van der Waals surface area contributed by atoms with E-state index < -0.39 is 16.0 Å². The Kier molecular flexibility index (Phi) is 4.60. The van der Waals surface area contributed by atoms with Crippen LogP contribution in [0.3, 0.4) is 0 Å². The molecular weight excluding hydrogens is 314 g/mol. The largest absolute Gasteiger partial charge is 0.478 e. The highest BCUT2D eigenvalue weighted by molar-refractivity contribution is 7.89. The second-order valence-electron chi connectivity index (χ2n) is 5.52. The molecule has 1 aliphatic rings. The molecule has 0 saturated heterocycles. The summed E-state index contributed by atoms with van der Waals surface area (Å²) in [5.74, 6) is -1.19. The van der Waals surface area contributed by atoms with E-state index in [0.29, 0.717) is 6.54 Å². The zero-order valence-corrected chi connectivity index (χ0v) is 13.3. The lowest BCUT2D eigenvalue weighted by Gasteiger charge is -2.15. The van der Waals surface area contributed by atoms with E-state index in [1.807, 2.05) is 0 Å². The van der Waals surface area contributed by atoms with Crippen LogP contribution < -0.4 is 4.72 Å². The maximum Gasteiger partial charge on any atom is 0.335 e. The van der Waals surface area contributed by atoms with Crippen LogP contribution in [-0.4, -0.2) is 26.0 Å². The number of hydrogen-bond donors (Lipinski definition) is 2. The van der Waals surface area contributed by atoms with E-state index in [2.05, 4.69) is 11.6 Å². The fourth-order valence-corrected chi connectivity index (χ4v) is 4.07. The normalized spacial score (nSPS) is 16.7. The lowest BCUT2D eigenvalue weighted by atomic mass is 10.0. The van der Waals surface area contributed by atoms with Crippen molar-refractivity contribution in [2.45, 2.75) is 37.5 Å². The summed E-state index contributed by atoms with van der Waals surface area (Å²) in [6.45, 7) is 2.44. The van der Waals surface area contributed by atoms with Gasteiger partial charge in [-0.2, -0.15) is 0 Å². The number of nitrogens with one attached hydrogen (secondary N) is 1. The highest BCUT2D eigenvalue weighted by atomic mass is 35.5. The number of benzene rings is 1. The van der Waals surface area contributed by atoms with Gasteiger partial charge in [0.05, 0.1) is 10.6 Å². The predicted molar refractivity (Wildman–Crippen MR) is 80.2 cm³/mol. The first-order valence-electron chi connectivity index (χ1n) is 6.82. The fourth-order valence-electron chi connectivity index (χ4n) is 2.39. The first kappa shape index (κ1) is 16.3. The van der Waals surface area contributed by atoms with E-state index >= 15 is 0 Å². The molecule has 2 N–H and O–H groups in total. The molecule has 0 bridgehead atoms. The summed E-state index contributed by atoms with van der Waals surface area (Å²) < 4.78 is 27.2. The van der Waals surface area contributed by atoms with Crippen molar-refractivity contribution >= 4 is 27.6 Å². The molecule has 1 saturated carbocycles. The maximum absolute atomic E-state index is 12.3. The Hall–Kier alpha value is -1.11. The van der Waals surface area contributed by atoms with E-state index in [1.165, 1.54) is 12.1 Å². The highest BCUT2D eigenvalue weighted by Gasteiger charge is 2.42. The van der Waals surface area contributed by atoms with Crippen molar-refractivity contribution in [2.24, 2.45) is 5.41 Å². The Bertz CT molecular complexity index is 653. The third-order valence-corrected chi connectivity index (χ3v) is 5.73. The molecular formula is C14H18ClNO4S. The van der Waals surface area contributed by atoms with Gasteiger partial charge in [-0.15, -0.1) is 0 Å². The zero-order chi connectivity index (χ0) is 15.7. The molecule has 1 aromatic carbocycles. The van der Waals surface area contributed by atoms with Crippen molar-refractivity contribution < 1.29 is 18.3 Å². The Labute approximate surface area is 129 Å². The van der Waals surface area contributed by atoms with Gasteiger partial charge < -0.3 is 5.11 Å². The summed E-state index contributed by atoms with van der Waals surface area (Å²) in [7, 11) is -3.80. The van der Waals surface area contributed by atoms with Crippen LogP contribution in [0.4, 0.5) is 0 Å². The third kappa shape index (κ3) is 3.75. The predicted octanol–water partition coefficient (Wildman–Crippen LogP) is 2.90. The number of sulfonamides is 1. The van der Waals surface area contributed by atoms with Gasteiger partial charge in [-0.3, -0.25) is 0 Å². The summed E-state index contributed by atoms with van der Waals surface area (Å²) in [5.41, 5.74) is -0.0342. The van der Waals surface area contributed by atoms with Crippen LogP contribution in [0.25, 0.3) is 0 Å². The number of carboxylic acid groups (broad SMARTS) is 1. The standard InChI is InChI=1S/C14H18ClNO4S/c1-2-5-14(6-7-14)9-16-21(19,20)12-8-10(13(17)18)3-4-11(12)15/h3-4,8,16H,2,5-7,9H2,1H3,(H,17,18). The monoisotopic (exact) mass is 331 g/mol. The fraction of sp³-hybridized carbons (Fsp3) is 0.500. The molecule has 0 aromatic heterocycles. The van der Waals surface area contributed by atoms with Crippen molar-refractivity contribution in [1.82, 2.24) is 4.72 Å². The Balaban J connectivity index is 2.19. The van der Waals surface area contributed by atoms with Gasteiger partial charge in [0.2, 0.25) is 10.0 Å². The topological polar surface area (TPSA) is 83.5 Å². The molecule has 0 spiro atoms. The van der Waals surface area contributed by atoms with Gasteiger partial charge in [-0.05, 0) is 42.9 Å². The molecule has 1 fully saturated rings. The van der Waals surface area contributed by atoms with Crippen LogP contribution >= 0.6 is 11.6 Å². The summed E-state index contributed by atoms with van der Waals surface area (Å²) >= 11 is 5.90. The zero-order valence-electron chi connectivity index (χ0n) is 11.7. The first-order valence-corrected chi connectivity index (χ1v) is 8.68. The molecule has 2 rings (SSSR count). The Morgan fingerprint density at radius 1 is 1.43 bits per heavy atom. The minimum absolute atomic E-state index is 0.0211. The van der Waals surface area contributed by atoms with Crippen LogP contribution in [0.15, 0.2) is 23.1 Å². The first-order chi connectivity index (χ1) is 9.80. The summed E-state index contributed by atoms with van der Waals surface area (Å²) in [6, 6.07) is 3.66. The Morgan fingerprint density at radius 3 is 2.62 bits per heavy atom. The van der Waals surface area contributed by atoms with Gasteiger partial charge in [0.25, 0.3) is 0 Å². The molecule has 0 heterocycles. The molecule has 5 nitrogen and oxygen atoms in total. The van der Waals surface area contributed by atoms with Crippen molar-refractivity contribution in [1.29, 1.82) is 0 Å². The van der Waals surface area contributed by atoms with Crippen molar-refractivity contribution in [3.8, 4) is 0 Å². The van der Waals surface area contributed by atoms with Crippen LogP contribution in [0.2, 0.25) is 5.02 Å². The van der Waals surface area contributed by atoms with Gasteiger partial charge >= 0.3 is 5.97 Å². The minimum Gasteiger partial charge on any atom is -0.478 e. The molecule has 0 aliphatic heterocycles. The average Bonchev–Trinajstić information content (AvgIpc) is 3.17. The number of carboxylic acids is 1. The van der Waals surface area contributed by atoms with Crippen molar-refractivity contribution in [3.05, 3.63) is 28.8 Å². The van der Waals surface area contributed by atoms with Gasteiger partial charge in [-0.25, -0.2) is 17.9 Å². The molecule has 0 radical (unpaired) electrons. The molecule has 1 aliphatic carbocycles. The second kappa shape index (κ2) is 5.94. The molecule has 1 aromatic rings. The van der Waals surface area contributed by atoms with Crippen molar-refractivity contribution in [2.75, 3.05) is 6.54 Å². The quantitative estimate of drug-likeness (QED) is 0.804. The molecule has 21 heavy (non-hydrogen) atoms. The summed E-state index contributed by atoms with van der Waals surface area (Å²) in [6.07, 6.45) is 4.04. The smallest absolute Gasteiger partial charge is 0.335 e. The summed E-state index contributed by atoms with van der Waals surface area (Å²) in [5, 5.41) is 8.97. The molecule has 0 unspecified atom stereocenters. The second-order valence-corrected chi connectivity index (χ2v) is 7.67. The molecule has 0 atom stereocenters. The summed E-state index contributed by atoms with van der Waals surface area (Å²) in [4.78, 5) is 10.8. The van der Waals surface area contributed by atoms with Crippen LogP contribution in [0, 0.1) is 5.41 Å². The minimum atomic E-state index is -3.80. The van der Waals surface area contributed by atoms with Crippen LogP contribution in [0.5, 0.6) is 0 Å². The van der Waals surface area contributed by atoms with Gasteiger partial charge in [0, 0.05) is 6.54 Å². The highest BCUT2D eigenvalue weighted by Crippen LogP contribution is 2.49. The van der Waals surface area contributed by atoms with Crippen molar-refractivity contribution in [3.63, 3.8) is 0 Å². The van der Waals surface area contributed by atoms with Gasteiger partial charge in [-0.1, -0.05) is 24.9 Å². The van der Waals surface area contributed by atoms with Gasteiger partial charge in [0.1, 0.15) is 4.90 Å². The Morgan fingerprint density at radius 2 is 2.10 bits per heavy atom. The number of halogens is 1. The molecule has 116 valence electrons. The van der Waals surface area contributed by atoms with E-state index in [9.17, 15) is 13.2 Å². The number of carbonyl (C=O) groups is 1. The average molecular weight is 332 g/mol. The van der Waals surface area contributed by atoms with E-state index in [0.717, 1.165) is 31.7 Å².